The maximum atomic E-state index is 5.57. The Morgan fingerprint density at radius 3 is 1.64 bits per heavy atom. The molecule has 0 aliphatic rings. The zero-order chi connectivity index (χ0) is 11.0. The Hall–Kier alpha value is -0.120. The Morgan fingerprint density at radius 1 is 0.929 bits per heavy atom. The van der Waals surface area contributed by atoms with E-state index in [0.29, 0.717) is 0 Å². The summed E-state index contributed by atoms with van der Waals surface area (Å²) in [5, 5.41) is 0. The third-order valence-electron chi connectivity index (χ3n) is 2.23. The molecule has 0 N–H and O–H groups in total. The predicted octanol–water partition coefficient (Wildman–Crippen LogP) is 2.46. The molecule has 0 heterocycles. The van der Waals surface area contributed by atoms with Crippen molar-refractivity contribution < 1.29 is 9.47 Å². The zero-order valence-corrected chi connectivity index (χ0v) is 10.2. The first-order valence-corrected chi connectivity index (χ1v) is 5.66. The van der Waals surface area contributed by atoms with Crippen LogP contribution in [-0.4, -0.2) is 37.1 Å². The lowest BCUT2D eigenvalue weighted by molar-refractivity contribution is -0.136. The van der Waals surface area contributed by atoms with Crippen LogP contribution in [-0.2, 0) is 9.47 Å². The first-order valence-electron chi connectivity index (χ1n) is 5.66. The second-order valence-electron chi connectivity index (χ2n) is 3.35. The van der Waals surface area contributed by atoms with Crippen molar-refractivity contribution >= 4 is 0 Å². The third kappa shape index (κ3) is 4.94. The van der Waals surface area contributed by atoms with Gasteiger partial charge in [0, 0.05) is 19.8 Å². The second kappa shape index (κ2) is 8.21. The number of ether oxygens (including phenoxy) is 2. The molecule has 2 atom stereocenters. The molecular weight excluding hydrogens is 178 g/mol. The van der Waals surface area contributed by atoms with Gasteiger partial charge in [-0.15, -0.1) is 0 Å². The Bertz CT molecular complexity index is 118. The van der Waals surface area contributed by atoms with Gasteiger partial charge in [-0.3, -0.25) is 4.90 Å². The summed E-state index contributed by atoms with van der Waals surface area (Å²) in [5.74, 6) is 0. The maximum absolute atomic E-state index is 5.57. The van der Waals surface area contributed by atoms with Gasteiger partial charge in [0.1, 0.15) is 12.5 Å². The molecule has 3 nitrogen and oxygen atoms in total. The Labute approximate surface area is 88.4 Å². The molecule has 0 aromatic carbocycles. The van der Waals surface area contributed by atoms with Crippen LogP contribution in [0.15, 0.2) is 0 Å². The molecule has 0 radical (unpaired) electrons. The van der Waals surface area contributed by atoms with E-state index in [1.807, 2.05) is 13.8 Å². The number of hydrogen-bond acceptors (Lipinski definition) is 3. The SMILES string of the molecule is CCCN(C(C)OCC)C(C)OCC. The molecule has 0 saturated carbocycles. The normalized spacial score (nSPS) is 15.9. The zero-order valence-electron chi connectivity index (χ0n) is 10.2. The molecule has 0 rings (SSSR count). The van der Waals surface area contributed by atoms with E-state index >= 15 is 0 Å². The van der Waals surface area contributed by atoms with Crippen molar-refractivity contribution in [3.63, 3.8) is 0 Å². The summed E-state index contributed by atoms with van der Waals surface area (Å²) in [4.78, 5) is 2.24. The van der Waals surface area contributed by atoms with Crippen molar-refractivity contribution in [2.45, 2.75) is 53.5 Å². The van der Waals surface area contributed by atoms with Gasteiger partial charge in [0.2, 0.25) is 0 Å². The summed E-state index contributed by atoms with van der Waals surface area (Å²) in [6.45, 7) is 12.9. The Balaban J connectivity index is 4.10. The van der Waals surface area contributed by atoms with Crippen LogP contribution in [0.2, 0.25) is 0 Å². The van der Waals surface area contributed by atoms with E-state index in [2.05, 4.69) is 25.7 Å². The first kappa shape index (κ1) is 13.9. The second-order valence-corrected chi connectivity index (χ2v) is 3.35. The van der Waals surface area contributed by atoms with E-state index < -0.39 is 0 Å². The molecular formula is C11H25NO2. The van der Waals surface area contributed by atoms with Gasteiger partial charge < -0.3 is 9.47 Å². The van der Waals surface area contributed by atoms with Crippen LogP contribution in [0.5, 0.6) is 0 Å². The monoisotopic (exact) mass is 203 g/mol. The Kier molecular flexibility index (Phi) is 8.14. The highest BCUT2D eigenvalue weighted by Crippen LogP contribution is 2.09. The first-order chi connectivity index (χ1) is 6.67. The lowest BCUT2D eigenvalue weighted by Crippen LogP contribution is -2.43. The molecule has 0 spiro atoms. The maximum Gasteiger partial charge on any atom is 0.109 e. The molecule has 86 valence electrons. The van der Waals surface area contributed by atoms with Crippen molar-refractivity contribution in [2.75, 3.05) is 19.8 Å². The molecule has 0 bridgehead atoms. The smallest absolute Gasteiger partial charge is 0.109 e. The van der Waals surface area contributed by atoms with Gasteiger partial charge in [0.05, 0.1) is 0 Å². The minimum Gasteiger partial charge on any atom is -0.364 e. The number of rotatable bonds is 8. The highest BCUT2D eigenvalue weighted by atomic mass is 16.5. The van der Waals surface area contributed by atoms with E-state index in [9.17, 15) is 0 Å². The minimum atomic E-state index is 0.140. The highest BCUT2D eigenvalue weighted by Gasteiger charge is 2.19. The van der Waals surface area contributed by atoms with Gasteiger partial charge >= 0.3 is 0 Å². The van der Waals surface area contributed by atoms with Crippen LogP contribution in [0.1, 0.15) is 41.0 Å². The van der Waals surface area contributed by atoms with Gasteiger partial charge in [-0.2, -0.15) is 0 Å². The molecule has 0 aromatic heterocycles. The van der Waals surface area contributed by atoms with Crippen molar-refractivity contribution in [3.05, 3.63) is 0 Å². The van der Waals surface area contributed by atoms with Crippen LogP contribution in [0.4, 0.5) is 0 Å². The fraction of sp³-hybridized carbons (Fsp3) is 1.00. The molecule has 14 heavy (non-hydrogen) atoms. The van der Waals surface area contributed by atoms with Crippen LogP contribution in [0.25, 0.3) is 0 Å². The van der Waals surface area contributed by atoms with E-state index in [1.54, 1.807) is 0 Å². The van der Waals surface area contributed by atoms with Crippen molar-refractivity contribution in [1.82, 2.24) is 4.90 Å². The van der Waals surface area contributed by atoms with Gasteiger partial charge in [-0.05, 0) is 34.1 Å². The molecule has 0 aromatic rings. The summed E-state index contributed by atoms with van der Waals surface area (Å²) >= 11 is 0. The fourth-order valence-electron chi connectivity index (χ4n) is 1.59. The fourth-order valence-corrected chi connectivity index (χ4v) is 1.59. The van der Waals surface area contributed by atoms with E-state index in [4.69, 9.17) is 9.47 Å². The highest BCUT2D eigenvalue weighted by molar-refractivity contribution is 4.60. The van der Waals surface area contributed by atoms with Crippen LogP contribution >= 0.6 is 0 Å². The summed E-state index contributed by atoms with van der Waals surface area (Å²) < 4.78 is 11.1. The molecule has 3 heteroatoms. The largest absolute Gasteiger partial charge is 0.364 e. The number of nitrogens with zero attached hydrogens (tertiary/aromatic N) is 1. The molecule has 0 aliphatic carbocycles. The molecule has 0 fully saturated rings. The van der Waals surface area contributed by atoms with Gasteiger partial charge in [-0.25, -0.2) is 0 Å². The standard InChI is InChI=1S/C11H25NO2/c1-6-9-12(10(4)13-7-2)11(5)14-8-3/h10-11H,6-9H2,1-5H3. The van der Waals surface area contributed by atoms with Crippen LogP contribution in [0.3, 0.4) is 0 Å². The summed E-state index contributed by atoms with van der Waals surface area (Å²) in [7, 11) is 0. The Morgan fingerprint density at radius 2 is 1.36 bits per heavy atom. The number of hydrogen-bond donors (Lipinski definition) is 0. The van der Waals surface area contributed by atoms with E-state index in [1.165, 1.54) is 0 Å². The molecule has 0 saturated heterocycles. The van der Waals surface area contributed by atoms with Crippen molar-refractivity contribution in [3.8, 4) is 0 Å². The van der Waals surface area contributed by atoms with E-state index in [-0.39, 0.29) is 12.5 Å². The van der Waals surface area contributed by atoms with Crippen LogP contribution in [0, 0.1) is 0 Å². The predicted molar refractivity (Wildman–Crippen MR) is 59.2 cm³/mol. The summed E-state index contributed by atoms with van der Waals surface area (Å²) in [6, 6.07) is 0. The minimum absolute atomic E-state index is 0.140. The summed E-state index contributed by atoms with van der Waals surface area (Å²) in [6.07, 6.45) is 1.40. The van der Waals surface area contributed by atoms with Gasteiger partial charge in [0.15, 0.2) is 0 Å². The third-order valence-corrected chi connectivity index (χ3v) is 2.23. The quantitative estimate of drug-likeness (QED) is 0.566. The average molecular weight is 203 g/mol. The van der Waals surface area contributed by atoms with Gasteiger partial charge in [0.25, 0.3) is 0 Å². The van der Waals surface area contributed by atoms with Crippen molar-refractivity contribution in [1.29, 1.82) is 0 Å². The van der Waals surface area contributed by atoms with Gasteiger partial charge in [-0.1, -0.05) is 6.92 Å². The van der Waals surface area contributed by atoms with Crippen molar-refractivity contribution in [2.24, 2.45) is 0 Å². The van der Waals surface area contributed by atoms with Crippen LogP contribution < -0.4 is 0 Å². The lowest BCUT2D eigenvalue weighted by Gasteiger charge is -2.33. The topological polar surface area (TPSA) is 21.7 Å². The molecule has 2 unspecified atom stereocenters. The molecule has 0 aliphatic heterocycles. The average Bonchev–Trinajstić information content (AvgIpc) is 2.14. The summed E-state index contributed by atoms with van der Waals surface area (Å²) in [5.41, 5.74) is 0. The lowest BCUT2D eigenvalue weighted by atomic mass is 10.3. The van der Waals surface area contributed by atoms with E-state index in [0.717, 1.165) is 26.2 Å². The molecule has 0 amide bonds.